The van der Waals surface area contributed by atoms with Crippen molar-refractivity contribution in [3.05, 3.63) is 58.7 Å². The SMILES string of the molecule is O=C1c2ccccc2C(=O)c2c1ccc(O)c2O.[Al]. The van der Waals surface area contributed by atoms with Crippen LogP contribution in [0.5, 0.6) is 11.5 Å². The normalized spacial score (nSPS) is 12.4. The van der Waals surface area contributed by atoms with Crippen molar-refractivity contribution in [3.8, 4) is 11.5 Å². The third-order valence-corrected chi connectivity index (χ3v) is 3.04. The number of carbonyl (C=O) groups is 2. The van der Waals surface area contributed by atoms with E-state index in [0.29, 0.717) is 5.56 Å². The largest absolute Gasteiger partial charge is 0.504 e. The number of hydrogen-bond donors (Lipinski definition) is 2. The fraction of sp³-hybridized carbons (Fsp3) is 0. The molecule has 0 aliphatic heterocycles. The molecule has 2 N–H and O–H groups in total. The zero-order chi connectivity index (χ0) is 12.9. The summed E-state index contributed by atoms with van der Waals surface area (Å²) < 4.78 is 0. The van der Waals surface area contributed by atoms with Crippen LogP contribution in [0.25, 0.3) is 0 Å². The van der Waals surface area contributed by atoms with Gasteiger partial charge in [0.05, 0.1) is 5.56 Å². The van der Waals surface area contributed by atoms with Crippen molar-refractivity contribution < 1.29 is 19.8 Å². The molecule has 0 atom stereocenters. The molecule has 1 aliphatic rings. The van der Waals surface area contributed by atoms with Gasteiger partial charge >= 0.3 is 0 Å². The Bertz CT molecular complexity index is 707. The molecule has 1 aliphatic carbocycles. The maximum Gasteiger partial charge on any atom is 0.198 e. The summed E-state index contributed by atoms with van der Waals surface area (Å²) in [5, 5.41) is 19.1. The van der Waals surface area contributed by atoms with Gasteiger partial charge in [0.2, 0.25) is 0 Å². The van der Waals surface area contributed by atoms with Crippen LogP contribution in [0.4, 0.5) is 0 Å². The molecule has 0 unspecified atom stereocenters. The molecule has 0 aromatic heterocycles. The van der Waals surface area contributed by atoms with Gasteiger partial charge in [0.25, 0.3) is 0 Å². The van der Waals surface area contributed by atoms with E-state index in [9.17, 15) is 19.8 Å². The van der Waals surface area contributed by atoms with Crippen LogP contribution in [-0.4, -0.2) is 39.1 Å². The summed E-state index contributed by atoms with van der Waals surface area (Å²) >= 11 is 0. The minimum atomic E-state index is -0.541. The zero-order valence-corrected chi connectivity index (χ0v) is 10.9. The second-order valence-corrected chi connectivity index (χ2v) is 4.06. The van der Waals surface area contributed by atoms with Crippen LogP contribution in [-0.2, 0) is 0 Å². The second kappa shape index (κ2) is 4.54. The van der Waals surface area contributed by atoms with E-state index in [1.807, 2.05) is 0 Å². The van der Waals surface area contributed by atoms with E-state index in [2.05, 4.69) is 0 Å². The van der Waals surface area contributed by atoms with Crippen LogP contribution < -0.4 is 0 Å². The number of ketones is 2. The first kappa shape index (κ1) is 13.3. The van der Waals surface area contributed by atoms with Crippen LogP contribution in [0.3, 0.4) is 0 Å². The molecular weight excluding hydrogens is 259 g/mol. The van der Waals surface area contributed by atoms with E-state index >= 15 is 0 Å². The smallest absolute Gasteiger partial charge is 0.198 e. The van der Waals surface area contributed by atoms with Crippen molar-refractivity contribution in [2.24, 2.45) is 0 Å². The average Bonchev–Trinajstić information content (AvgIpc) is 2.39. The van der Waals surface area contributed by atoms with Gasteiger partial charge in [0, 0.05) is 34.1 Å². The number of phenolic OH excluding ortho intramolecular Hbond substituents is 2. The molecular formula is C14H8AlO4. The molecule has 0 heterocycles. The summed E-state index contributed by atoms with van der Waals surface area (Å²) in [4.78, 5) is 24.4. The van der Waals surface area contributed by atoms with Crippen molar-refractivity contribution in [3.63, 3.8) is 0 Å². The highest BCUT2D eigenvalue weighted by Gasteiger charge is 2.32. The summed E-state index contributed by atoms with van der Waals surface area (Å²) in [6, 6.07) is 8.97. The van der Waals surface area contributed by atoms with Crippen LogP contribution in [0.1, 0.15) is 31.8 Å². The first-order chi connectivity index (χ1) is 8.61. The third kappa shape index (κ3) is 1.75. The van der Waals surface area contributed by atoms with E-state index in [-0.39, 0.29) is 39.8 Å². The summed E-state index contributed by atoms with van der Waals surface area (Å²) in [7, 11) is 0. The molecule has 5 heteroatoms. The van der Waals surface area contributed by atoms with E-state index in [4.69, 9.17) is 0 Å². The van der Waals surface area contributed by atoms with Crippen LogP contribution in [0.2, 0.25) is 0 Å². The van der Waals surface area contributed by atoms with Gasteiger partial charge in [-0.1, -0.05) is 24.3 Å². The van der Waals surface area contributed by atoms with Crippen molar-refractivity contribution in [1.82, 2.24) is 0 Å². The monoisotopic (exact) mass is 267 g/mol. The van der Waals surface area contributed by atoms with Crippen molar-refractivity contribution in [2.45, 2.75) is 0 Å². The Hall–Kier alpha value is -2.09. The molecule has 4 nitrogen and oxygen atoms in total. The molecule has 19 heavy (non-hydrogen) atoms. The molecule has 3 radical (unpaired) electrons. The Morgan fingerprint density at radius 1 is 0.737 bits per heavy atom. The highest BCUT2D eigenvalue weighted by molar-refractivity contribution is 6.29. The molecule has 0 saturated carbocycles. The lowest BCUT2D eigenvalue weighted by molar-refractivity contribution is 0.0976. The summed E-state index contributed by atoms with van der Waals surface area (Å²) in [5.74, 6) is -1.72. The standard InChI is InChI=1S/C14H8O4.Al/c15-10-6-5-9-11(14(10)18)13(17)8-4-2-1-3-7(8)12(9)16;/h1-6,15,18H;. The fourth-order valence-electron chi connectivity index (χ4n) is 2.16. The van der Waals surface area contributed by atoms with Crippen molar-refractivity contribution in [2.75, 3.05) is 0 Å². The van der Waals surface area contributed by atoms with Gasteiger partial charge in [0.1, 0.15) is 0 Å². The minimum absolute atomic E-state index is 0. The van der Waals surface area contributed by atoms with Crippen LogP contribution in [0.15, 0.2) is 36.4 Å². The number of rotatable bonds is 0. The molecule has 0 fully saturated rings. The Morgan fingerprint density at radius 2 is 1.32 bits per heavy atom. The number of fused-ring (bicyclic) bond motifs is 2. The maximum absolute atomic E-state index is 12.2. The van der Waals surface area contributed by atoms with Gasteiger partial charge in [-0.05, 0) is 12.1 Å². The predicted molar refractivity (Wildman–Crippen MR) is 68.8 cm³/mol. The molecule has 91 valence electrons. The van der Waals surface area contributed by atoms with Gasteiger partial charge in [-0.3, -0.25) is 9.59 Å². The number of phenols is 2. The molecule has 2 aromatic carbocycles. The molecule has 0 amide bonds. The highest BCUT2D eigenvalue weighted by Crippen LogP contribution is 2.37. The Kier molecular flexibility index (Phi) is 3.19. The molecule has 0 saturated heterocycles. The summed E-state index contributed by atoms with van der Waals surface area (Å²) in [6.45, 7) is 0. The number of hydrogen-bond acceptors (Lipinski definition) is 4. The van der Waals surface area contributed by atoms with Crippen molar-refractivity contribution in [1.29, 1.82) is 0 Å². The third-order valence-electron chi connectivity index (χ3n) is 3.04. The molecule has 2 aromatic rings. The van der Waals surface area contributed by atoms with E-state index < -0.39 is 17.3 Å². The predicted octanol–water partition coefficient (Wildman–Crippen LogP) is 1.49. The number of carbonyl (C=O) groups excluding carboxylic acids is 2. The lowest BCUT2D eigenvalue weighted by atomic mass is 9.83. The molecule has 3 rings (SSSR count). The van der Waals surface area contributed by atoms with Gasteiger partial charge in [-0.15, -0.1) is 0 Å². The Balaban J connectivity index is 0.00000133. The first-order valence-electron chi connectivity index (χ1n) is 5.34. The maximum atomic E-state index is 12.2. The van der Waals surface area contributed by atoms with E-state index in [1.54, 1.807) is 18.2 Å². The first-order valence-corrected chi connectivity index (χ1v) is 5.34. The fourth-order valence-corrected chi connectivity index (χ4v) is 2.16. The number of aromatic hydroxyl groups is 2. The van der Waals surface area contributed by atoms with E-state index in [0.717, 1.165) is 0 Å². The second-order valence-electron chi connectivity index (χ2n) is 4.06. The Labute approximate surface area is 119 Å². The zero-order valence-electron chi connectivity index (χ0n) is 9.75. The lowest BCUT2D eigenvalue weighted by Crippen LogP contribution is -2.20. The highest BCUT2D eigenvalue weighted by atomic mass is 27.0. The summed E-state index contributed by atoms with van der Waals surface area (Å²) in [5.41, 5.74) is 0.559. The van der Waals surface area contributed by atoms with Crippen LogP contribution in [0, 0.1) is 0 Å². The van der Waals surface area contributed by atoms with Gasteiger partial charge < -0.3 is 10.2 Å². The number of benzene rings is 2. The van der Waals surface area contributed by atoms with E-state index in [1.165, 1.54) is 18.2 Å². The minimum Gasteiger partial charge on any atom is -0.504 e. The lowest BCUT2D eigenvalue weighted by Gasteiger charge is -2.18. The molecule has 0 bridgehead atoms. The van der Waals surface area contributed by atoms with Crippen LogP contribution >= 0.6 is 0 Å². The van der Waals surface area contributed by atoms with Gasteiger partial charge in [0.15, 0.2) is 23.1 Å². The summed E-state index contributed by atoms with van der Waals surface area (Å²) in [6.07, 6.45) is 0. The quantitative estimate of drug-likeness (QED) is 0.478. The van der Waals surface area contributed by atoms with Gasteiger partial charge in [-0.25, -0.2) is 0 Å². The van der Waals surface area contributed by atoms with Gasteiger partial charge in [-0.2, -0.15) is 0 Å². The van der Waals surface area contributed by atoms with Crippen molar-refractivity contribution >= 4 is 28.9 Å². The topological polar surface area (TPSA) is 74.6 Å². The molecule has 0 spiro atoms. The Morgan fingerprint density at radius 3 is 1.95 bits per heavy atom. The average molecular weight is 267 g/mol.